The molecule has 1 aliphatic rings. The Labute approximate surface area is 187 Å². The molecule has 0 bridgehead atoms. The molecular weight excluding hydrogens is 415 g/mol. The fourth-order valence-electron chi connectivity index (χ4n) is 3.81. The molecule has 0 amide bonds. The number of esters is 1. The van der Waals surface area contributed by atoms with Gasteiger partial charge in [0.2, 0.25) is 0 Å². The number of carbonyl (C=O) groups is 1. The number of hydrogen-bond acceptors (Lipinski definition) is 6. The molecule has 0 radical (unpaired) electrons. The monoisotopic (exact) mass is 444 g/mol. The van der Waals surface area contributed by atoms with Crippen LogP contribution in [0, 0.1) is 5.82 Å². The fraction of sp³-hybridized carbons (Fsp3) is 0.400. The highest BCUT2D eigenvalue weighted by Gasteiger charge is 2.26. The van der Waals surface area contributed by atoms with Crippen LogP contribution in [0.25, 0.3) is 17.2 Å². The minimum absolute atomic E-state index is 0.00982. The van der Waals surface area contributed by atoms with Gasteiger partial charge in [-0.25, -0.2) is 4.39 Å². The minimum atomic E-state index is -0.744. The van der Waals surface area contributed by atoms with E-state index >= 15 is 0 Å². The lowest BCUT2D eigenvalue weighted by molar-refractivity contribution is -0.156. The van der Waals surface area contributed by atoms with Gasteiger partial charge in [0.1, 0.15) is 18.5 Å². The lowest BCUT2D eigenvalue weighted by atomic mass is 9.88. The van der Waals surface area contributed by atoms with Crippen LogP contribution in [-0.4, -0.2) is 48.7 Å². The summed E-state index contributed by atoms with van der Waals surface area (Å²) >= 11 is 0. The Bertz CT molecular complexity index is 967. The third kappa shape index (κ3) is 5.47. The van der Waals surface area contributed by atoms with Crippen LogP contribution >= 0.6 is 0 Å². The maximum absolute atomic E-state index is 13.6. The minimum Gasteiger partial charge on any atom is -0.493 e. The molecule has 172 valence electrons. The summed E-state index contributed by atoms with van der Waals surface area (Å²) in [6.45, 7) is 3.96. The van der Waals surface area contributed by atoms with Crippen molar-refractivity contribution in [2.24, 2.45) is 0 Å². The van der Waals surface area contributed by atoms with Crippen LogP contribution in [0.1, 0.15) is 43.7 Å². The third-order valence-electron chi connectivity index (χ3n) is 5.30. The fourth-order valence-corrected chi connectivity index (χ4v) is 3.81. The molecule has 1 saturated heterocycles. The van der Waals surface area contributed by atoms with E-state index in [1.807, 2.05) is 26.0 Å². The zero-order valence-electron chi connectivity index (χ0n) is 18.5. The number of hydrogen-bond donors (Lipinski definition) is 2. The van der Waals surface area contributed by atoms with Crippen molar-refractivity contribution in [1.29, 1.82) is 0 Å². The quantitative estimate of drug-likeness (QED) is 0.597. The highest BCUT2D eigenvalue weighted by molar-refractivity contribution is 5.85. The molecule has 0 aliphatic carbocycles. The maximum Gasteiger partial charge on any atom is 0.309 e. The van der Waals surface area contributed by atoms with Gasteiger partial charge in [-0.2, -0.15) is 0 Å². The lowest BCUT2D eigenvalue weighted by Gasteiger charge is -2.25. The highest BCUT2D eigenvalue weighted by atomic mass is 19.1. The zero-order chi connectivity index (χ0) is 23.3. The standard InChI is InChI=1S/C25H29FO6/c1-15(2)21-14-22(30-3)25(31-11-10-27)24(16-4-6-17(26)7-5-16)20(21)9-8-19-12-18(28)13-23(29)32-19/h4-9,14-15,18-19,27-28H,10-13H2,1-3H3/t18-,19-/m0/s1. The second-order valence-electron chi connectivity index (χ2n) is 8.00. The summed E-state index contributed by atoms with van der Waals surface area (Å²) in [6.07, 6.45) is 2.59. The molecule has 2 atom stereocenters. The topological polar surface area (TPSA) is 85.2 Å². The number of aliphatic hydroxyl groups is 2. The van der Waals surface area contributed by atoms with Gasteiger partial charge >= 0.3 is 5.97 Å². The molecule has 1 aliphatic heterocycles. The number of benzene rings is 2. The van der Waals surface area contributed by atoms with Crippen LogP contribution in [-0.2, 0) is 9.53 Å². The highest BCUT2D eigenvalue weighted by Crippen LogP contribution is 2.45. The van der Waals surface area contributed by atoms with Gasteiger partial charge in [-0.3, -0.25) is 4.79 Å². The first kappa shape index (κ1) is 23.8. The molecule has 2 aromatic rings. The average molecular weight is 444 g/mol. The molecule has 0 unspecified atom stereocenters. The summed E-state index contributed by atoms with van der Waals surface area (Å²) in [5.74, 6) is 0.229. The molecule has 2 aromatic carbocycles. The van der Waals surface area contributed by atoms with Crippen LogP contribution in [0.15, 0.2) is 36.4 Å². The maximum atomic E-state index is 13.6. The Balaban J connectivity index is 2.20. The first-order chi connectivity index (χ1) is 15.3. The summed E-state index contributed by atoms with van der Waals surface area (Å²) in [7, 11) is 1.54. The van der Waals surface area contributed by atoms with E-state index in [0.717, 1.165) is 11.1 Å². The van der Waals surface area contributed by atoms with Crippen molar-refractivity contribution < 1.29 is 33.6 Å². The van der Waals surface area contributed by atoms with Crippen LogP contribution in [0.4, 0.5) is 4.39 Å². The molecule has 32 heavy (non-hydrogen) atoms. The summed E-state index contributed by atoms with van der Waals surface area (Å²) in [6, 6.07) is 7.92. The summed E-state index contributed by atoms with van der Waals surface area (Å²) in [5.41, 5.74) is 3.15. The van der Waals surface area contributed by atoms with Crippen molar-refractivity contribution in [2.75, 3.05) is 20.3 Å². The first-order valence-corrected chi connectivity index (χ1v) is 10.6. The van der Waals surface area contributed by atoms with Crippen LogP contribution < -0.4 is 9.47 Å². The van der Waals surface area contributed by atoms with Gasteiger partial charge in [-0.05, 0) is 46.9 Å². The number of methoxy groups -OCH3 is 1. The first-order valence-electron chi connectivity index (χ1n) is 10.6. The van der Waals surface area contributed by atoms with E-state index in [2.05, 4.69) is 0 Å². The van der Waals surface area contributed by atoms with E-state index in [4.69, 9.17) is 14.2 Å². The molecule has 0 saturated carbocycles. The third-order valence-corrected chi connectivity index (χ3v) is 5.30. The summed E-state index contributed by atoms with van der Waals surface area (Å²) in [4.78, 5) is 11.7. The summed E-state index contributed by atoms with van der Waals surface area (Å²) < 4.78 is 30.5. The van der Waals surface area contributed by atoms with Crippen molar-refractivity contribution in [2.45, 2.75) is 44.8 Å². The molecule has 7 heteroatoms. The molecule has 3 rings (SSSR count). The molecule has 0 spiro atoms. The van der Waals surface area contributed by atoms with E-state index in [9.17, 15) is 19.4 Å². The largest absolute Gasteiger partial charge is 0.493 e. The molecule has 0 aromatic heterocycles. The predicted molar refractivity (Wildman–Crippen MR) is 119 cm³/mol. The molecular formula is C25H29FO6. The van der Waals surface area contributed by atoms with Crippen molar-refractivity contribution in [3.05, 3.63) is 53.4 Å². The number of rotatable bonds is 8. The summed E-state index contributed by atoms with van der Waals surface area (Å²) in [5, 5.41) is 19.3. The number of halogens is 1. The van der Waals surface area contributed by atoms with Gasteiger partial charge in [0.15, 0.2) is 11.5 Å². The van der Waals surface area contributed by atoms with E-state index in [1.165, 1.54) is 19.2 Å². The van der Waals surface area contributed by atoms with Crippen molar-refractivity contribution in [3.63, 3.8) is 0 Å². The van der Waals surface area contributed by atoms with E-state index < -0.39 is 18.2 Å². The average Bonchev–Trinajstić information content (AvgIpc) is 2.75. The van der Waals surface area contributed by atoms with Gasteiger partial charge in [0, 0.05) is 12.0 Å². The van der Waals surface area contributed by atoms with Gasteiger partial charge < -0.3 is 24.4 Å². The predicted octanol–water partition coefficient (Wildman–Crippen LogP) is 4.08. The van der Waals surface area contributed by atoms with Crippen molar-refractivity contribution in [1.82, 2.24) is 0 Å². The van der Waals surface area contributed by atoms with E-state index in [0.29, 0.717) is 29.0 Å². The van der Waals surface area contributed by atoms with E-state index in [1.54, 1.807) is 18.2 Å². The molecule has 1 fully saturated rings. The Morgan fingerprint density at radius 3 is 2.59 bits per heavy atom. The normalized spacial score (nSPS) is 18.8. The van der Waals surface area contributed by atoms with Crippen molar-refractivity contribution >= 4 is 12.0 Å². The Morgan fingerprint density at radius 2 is 2.00 bits per heavy atom. The Morgan fingerprint density at radius 1 is 1.28 bits per heavy atom. The SMILES string of the molecule is COc1cc(C(C)C)c(C=C[C@H]2C[C@H](O)CC(=O)O2)c(-c2ccc(F)cc2)c1OCCO. The van der Waals surface area contributed by atoms with Gasteiger partial charge in [-0.15, -0.1) is 0 Å². The van der Waals surface area contributed by atoms with Crippen LogP contribution in [0.5, 0.6) is 11.5 Å². The van der Waals surface area contributed by atoms with Gasteiger partial charge in [0.25, 0.3) is 0 Å². The number of carbonyl (C=O) groups excluding carboxylic acids is 1. The Kier molecular flexibility index (Phi) is 7.88. The van der Waals surface area contributed by atoms with Gasteiger partial charge in [0.05, 0.1) is 26.2 Å². The lowest BCUT2D eigenvalue weighted by Crippen LogP contribution is -2.31. The number of cyclic esters (lactones) is 1. The smallest absolute Gasteiger partial charge is 0.309 e. The van der Waals surface area contributed by atoms with Crippen molar-refractivity contribution in [3.8, 4) is 22.6 Å². The second-order valence-corrected chi connectivity index (χ2v) is 8.00. The molecule has 1 heterocycles. The van der Waals surface area contributed by atoms with Crippen LogP contribution in [0.3, 0.4) is 0 Å². The Hall–Kier alpha value is -2.90. The molecule has 2 N–H and O–H groups in total. The molecule has 6 nitrogen and oxygen atoms in total. The number of aliphatic hydroxyl groups excluding tert-OH is 2. The van der Waals surface area contributed by atoms with Crippen LogP contribution in [0.2, 0.25) is 0 Å². The second kappa shape index (κ2) is 10.6. The van der Waals surface area contributed by atoms with Gasteiger partial charge in [-0.1, -0.05) is 32.1 Å². The number of ether oxygens (including phenoxy) is 3. The zero-order valence-corrected chi connectivity index (χ0v) is 18.5. The van der Waals surface area contributed by atoms with E-state index in [-0.39, 0.29) is 31.4 Å².